The van der Waals surface area contributed by atoms with Crippen LogP contribution in [-0.4, -0.2) is 214 Å². The van der Waals surface area contributed by atoms with Gasteiger partial charge >= 0.3 is 12.1 Å². The molecule has 29 nitrogen and oxygen atoms in total. The third-order valence-corrected chi connectivity index (χ3v) is 19.9. The molecule has 1 aliphatic carbocycles. The number of carbonyl (C=O) groups is 8. The number of aromatic nitrogens is 5. The number of phenolic OH excluding ortho intramolecular Hbond substituents is 1. The molecule has 6 heterocycles. The molecule has 3 atom stereocenters. The molecular formula is C80H111N7O22. The quantitative estimate of drug-likeness (QED) is 0.0205. The molecule has 4 aliphatic rings. The predicted molar refractivity (Wildman–Crippen MR) is 398 cm³/mol. The van der Waals surface area contributed by atoms with Gasteiger partial charge in [0, 0.05) is 92.8 Å². The number of ether oxygens (including phenoxy) is 12. The van der Waals surface area contributed by atoms with E-state index in [1.54, 1.807) is 54.4 Å². The van der Waals surface area contributed by atoms with E-state index in [1.165, 1.54) is 4.90 Å². The molecule has 3 aromatic heterocycles. The summed E-state index contributed by atoms with van der Waals surface area (Å²) in [5.41, 5.74) is 4.70. The summed E-state index contributed by atoms with van der Waals surface area (Å²) < 4.78 is 69.4. The third-order valence-electron chi connectivity index (χ3n) is 19.9. The van der Waals surface area contributed by atoms with Crippen LogP contribution in [0.5, 0.6) is 5.75 Å². The number of likely N-dealkylation sites (tertiary alicyclic amines) is 1. The summed E-state index contributed by atoms with van der Waals surface area (Å²) in [6.45, 7) is 17.4. The Morgan fingerprint density at radius 1 is 0.716 bits per heavy atom. The van der Waals surface area contributed by atoms with Crippen LogP contribution in [0.1, 0.15) is 157 Å². The van der Waals surface area contributed by atoms with Crippen molar-refractivity contribution in [1.82, 2.24) is 34.8 Å². The Labute approximate surface area is 637 Å². The Hall–Kier alpha value is -8.26. The van der Waals surface area contributed by atoms with Gasteiger partial charge in [-0.05, 0) is 99.6 Å². The Kier molecular flexibility index (Phi) is 36.3. The fourth-order valence-electron chi connectivity index (χ4n) is 13.7. The molecule has 29 heteroatoms. The first-order chi connectivity index (χ1) is 52.9. The maximum Gasteiger partial charge on any atom is 0.510 e. The highest BCUT2D eigenvalue weighted by atomic mass is 16.7. The summed E-state index contributed by atoms with van der Waals surface area (Å²) in [6.07, 6.45) is 10.7. The zero-order valence-corrected chi connectivity index (χ0v) is 64.3. The summed E-state index contributed by atoms with van der Waals surface area (Å²) in [5, 5.41) is 21.9. The number of imide groups is 1. The number of rotatable bonds is 50. The number of pyridine rings is 2. The van der Waals surface area contributed by atoms with Crippen LogP contribution in [0.15, 0.2) is 59.5 Å². The van der Waals surface area contributed by atoms with Gasteiger partial charge in [0.25, 0.3) is 5.56 Å². The highest BCUT2D eigenvalue weighted by molar-refractivity contribution is 6.03. The zero-order chi connectivity index (χ0) is 77.9. The minimum atomic E-state index is -1.84. The van der Waals surface area contributed by atoms with Gasteiger partial charge in [-0.15, -0.1) is 5.10 Å². The number of Topliss-reactive ketones (excluding diaryl/α,β-unsaturated/α-hetero) is 3. The van der Waals surface area contributed by atoms with Crippen molar-refractivity contribution in [2.75, 3.05) is 133 Å². The number of phenols is 1. The molecule has 9 rings (SSSR count). The molecule has 0 bridgehead atoms. The molecule has 3 amide bonds. The number of aromatic hydroxyl groups is 1. The smallest absolute Gasteiger partial charge is 0.508 e. The first-order valence-electron chi connectivity index (χ1n) is 38.6. The van der Waals surface area contributed by atoms with Crippen molar-refractivity contribution in [2.45, 2.75) is 169 Å². The van der Waals surface area contributed by atoms with Gasteiger partial charge in [0.05, 0.1) is 140 Å². The number of aryl methyl sites for hydroxylation is 3. The van der Waals surface area contributed by atoms with Gasteiger partial charge in [0.15, 0.2) is 11.6 Å². The first kappa shape index (κ1) is 86.3. The van der Waals surface area contributed by atoms with Crippen LogP contribution < -0.4 is 10.9 Å². The van der Waals surface area contributed by atoms with Crippen LogP contribution >= 0.6 is 0 Å². The van der Waals surface area contributed by atoms with E-state index < -0.39 is 17.7 Å². The lowest BCUT2D eigenvalue weighted by Gasteiger charge is -2.35. The van der Waals surface area contributed by atoms with Gasteiger partial charge in [-0.1, -0.05) is 82.0 Å². The lowest BCUT2D eigenvalue weighted by molar-refractivity contribution is -0.175. The molecule has 0 spiro atoms. The molecule has 1 saturated carbocycles. The lowest BCUT2D eigenvalue weighted by Crippen LogP contribution is -2.47. The van der Waals surface area contributed by atoms with Crippen molar-refractivity contribution in [2.24, 2.45) is 23.7 Å². The largest absolute Gasteiger partial charge is 0.510 e. The number of ketones is 3. The van der Waals surface area contributed by atoms with Crippen LogP contribution in [0.3, 0.4) is 0 Å². The summed E-state index contributed by atoms with van der Waals surface area (Å²) in [5.74, 6) is -1.18. The fraction of sp³-hybridized carbons (Fsp3) is 0.625. The van der Waals surface area contributed by atoms with Gasteiger partial charge in [-0.25, -0.2) is 19.3 Å². The van der Waals surface area contributed by atoms with Gasteiger partial charge in [0.1, 0.15) is 38.0 Å². The second-order valence-electron chi connectivity index (χ2n) is 27.9. The van der Waals surface area contributed by atoms with E-state index in [0.29, 0.717) is 187 Å². The Morgan fingerprint density at radius 2 is 1.34 bits per heavy atom. The number of esters is 1. The van der Waals surface area contributed by atoms with Crippen LogP contribution in [0, 0.1) is 30.6 Å². The number of nitrogens with zero attached hydrogens (tertiary/aromatic N) is 6. The van der Waals surface area contributed by atoms with E-state index in [1.807, 2.05) is 44.3 Å². The molecule has 3 unspecified atom stereocenters. The molecule has 2 fully saturated rings. The van der Waals surface area contributed by atoms with Crippen molar-refractivity contribution in [3.63, 3.8) is 0 Å². The summed E-state index contributed by atoms with van der Waals surface area (Å²) in [6, 6.07) is 14.2. The Balaban J connectivity index is 0.000000313. The number of amides is 3. The topological polar surface area (TPSA) is 348 Å². The minimum absolute atomic E-state index is 0.0288. The van der Waals surface area contributed by atoms with E-state index in [2.05, 4.69) is 22.6 Å². The van der Waals surface area contributed by atoms with E-state index >= 15 is 0 Å². The molecular weight excluding hydrogens is 1410 g/mol. The maximum absolute atomic E-state index is 13.8. The molecule has 5 aromatic rings. The van der Waals surface area contributed by atoms with Gasteiger partial charge in [-0.3, -0.25) is 38.5 Å². The summed E-state index contributed by atoms with van der Waals surface area (Å²) in [4.78, 5) is 120. The van der Waals surface area contributed by atoms with Crippen LogP contribution in [0.2, 0.25) is 0 Å². The van der Waals surface area contributed by atoms with E-state index in [-0.39, 0.29) is 120 Å². The highest BCUT2D eigenvalue weighted by Crippen LogP contribution is 2.43. The average Bonchev–Trinajstić information content (AvgIpc) is 1.61. The molecule has 109 heavy (non-hydrogen) atoms. The summed E-state index contributed by atoms with van der Waals surface area (Å²) >= 11 is 0. The number of unbranched alkanes of at least 4 members (excludes halogenated alkanes) is 2. The molecule has 2 aromatic carbocycles. The van der Waals surface area contributed by atoms with Crippen LogP contribution in [-0.2, 0) is 135 Å². The van der Waals surface area contributed by atoms with Crippen molar-refractivity contribution in [3.8, 4) is 17.1 Å². The maximum atomic E-state index is 13.8. The van der Waals surface area contributed by atoms with Gasteiger partial charge < -0.3 is 71.8 Å². The Morgan fingerprint density at radius 3 is 1.94 bits per heavy atom. The number of nitrogens with one attached hydrogen (secondary N) is 1. The van der Waals surface area contributed by atoms with Gasteiger partial charge in [0.2, 0.25) is 23.3 Å². The number of carbonyl (C=O) groups excluding carboxylic acids is 8. The highest BCUT2D eigenvalue weighted by Gasteiger charge is 2.51. The molecule has 598 valence electrons. The number of fused-ring (bicyclic) bond motifs is 5. The molecule has 3 aliphatic heterocycles. The van der Waals surface area contributed by atoms with Crippen molar-refractivity contribution in [1.29, 1.82) is 0 Å². The monoisotopic (exact) mass is 1520 g/mol. The molecule has 2 N–H and O–H groups in total. The van der Waals surface area contributed by atoms with Gasteiger partial charge in [-0.2, -0.15) is 0 Å². The van der Waals surface area contributed by atoms with Crippen molar-refractivity contribution < 1.29 is 100 Å². The second-order valence-corrected chi connectivity index (χ2v) is 27.9. The van der Waals surface area contributed by atoms with Crippen molar-refractivity contribution >= 4 is 58.1 Å². The van der Waals surface area contributed by atoms with E-state index in [4.69, 9.17) is 61.8 Å². The lowest BCUT2D eigenvalue weighted by atomic mass is 9.79. The molecule has 0 radical (unpaired) electrons. The zero-order valence-electron chi connectivity index (χ0n) is 64.3. The number of benzene rings is 2. The first-order valence-corrected chi connectivity index (χ1v) is 38.6. The minimum Gasteiger partial charge on any atom is -0.508 e. The number of cyclic esters (lactones) is 1. The Bertz CT molecular complexity index is 3830. The summed E-state index contributed by atoms with van der Waals surface area (Å²) in [7, 11) is 1.57. The van der Waals surface area contributed by atoms with Crippen molar-refractivity contribution in [3.05, 3.63) is 104 Å². The van der Waals surface area contributed by atoms with E-state index in [0.717, 1.165) is 78.3 Å². The SMILES string of the molecule is CCCCCC(CC(=O)COCC(=O)CCCOCCOCCOCCOCCOCCOCCOCCOCCn1cc(CCC(=O)C2CCC(CN3C(=O)CC(C)C3=O)CC2)nn1)C(=O)NC.CCc1c2c(nc3ccc(O)cc13)-c1cc3c(c(=O)n1C2)COC(=O)C3(CC)OC(=O)OCc1ccc(C)cc1. The number of hydrogen-bond acceptors (Lipinski definition) is 25. The second kappa shape index (κ2) is 45.8. The number of hydrogen-bond donors (Lipinski definition) is 2. The van der Waals surface area contributed by atoms with Crippen LogP contribution in [0.25, 0.3) is 22.3 Å². The fourth-order valence-corrected chi connectivity index (χ4v) is 13.7. The average molecular weight is 1520 g/mol. The standard InChI is InChI=1S/C49H83N5O15.C31H28N2O7/c1-4-5-6-8-42(48(59)50-3)34-45(56)38-69-37-44(55)9-7-17-61-19-21-63-23-25-65-27-29-67-31-32-68-30-28-66-26-24-64-22-20-62-18-16-53-36-43(51-52-53)14-15-46(57)41-12-10-40(11-13-41)35-54-47(58)33-39(2)49(54)60;1-4-20-21-12-19(34)10-11-25(21)32-27-22(20)14-33-26(27)13-24-23(28(33)35)16-38-29(36)31(24,5-2)40-30(37)39-15-18-8-6-17(3)7-9-18/h36,39-42H,4-35,37-38H2,1-3H3,(H,50,59);6-13,34H,4-5,14-16H2,1-3H3. The normalized spacial score (nSPS) is 17.5. The van der Waals surface area contributed by atoms with Crippen LogP contribution in [0.4, 0.5) is 4.79 Å². The molecule has 1 saturated heterocycles. The van der Waals surface area contributed by atoms with E-state index in [9.17, 15) is 48.3 Å². The predicted octanol–water partition coefficient (Wildman–Crippen LogP) is 8.40. The third kappa shape index (κ3) is 26.5.